The van der Waals surface area contributed by atoms with E-state index in [-0.39, 0.29) is 5.57 Å². The van der Waals surface area contributed by atoms with Gasteiger partial charge in [0.05, 0.1) is 5.69 Å². The topological polar surface area (TPSA) is 65.8 Å². The van der Waals surface area contributed by atoms with E-state index in [4.69, 9.17) is 0 Å². The Hall–Kier alpha value is -3.45. The number of amides is 1. The summed E-state index contributed by atoms with van der Waals surface area (Å²) < 4.78 is 0. The maximum absolute atomic E-state index is 12.2. The van der Waals surface area contributed by atoms with Crippen molar-refractivity contribution in [3.8, 4) is 6.07 Å². The number of aromatic nitrogens is 1. The van der Waals surface area contributed by atoms with E-state index in [1.54, 1.807) is 18.3 Å². The van der Waals surface area contributed by atoms with E-state index in [1.165, 1.54) is 6.08 Å². The molecule has 1 aromatic heterocycles. The fraction of sp³-hybridized carbons (Fsp3) is 0. The van der Waals surface area contributed by atoms with E-state index in [9.17, 15) is 10.1 Å². The predicted octanol–water partition coefficient (Wildman–Crippen LogP) is 3.78. The number of carbonyl (C=O) groups is 1. The molecule has 1 heterocycles. The van der Waals surface area contributed by atoms with Gasteiger partial charge in [-0.15, -0.1) is 0 Å². The standard InChI is InChI=1S/C19H13N3O/c20-12-16(19(23)22-17-8-2-1-3-9-17)11-18-10-14-6-4-5-7-15(14)13-21-18/h1-11,13H,(H,22,23). The van der Waals surface area contributed by atoms with E-state index in [0.29, 0.717) is 11.4 Å². The zero-order valence-corrected chi connectivity index (χ0v) is 12.2. The monoisotopic (exact) mass is 299 g/mol. The minimum absolute atomic E-state index is 0.0108. The van der Waals surface area contributed by atoms with Crippen LogP contribution in [0.1, 0.15) is 5.69 Å². The lowest BCUT2D eigenvalue weighted by atomic mass is 10.1. The Morgan fingerprint density at radius 3 is 2.48 bits per heavy atom. The van der Waals surface area contributed by atoms with Crippen molar-refractivity contribution in [2.24, 2.45) is 0 Å². The quantitative estimate of drug-likeness (QED) is 0.591. The molecule has 0 bridgehead atoms. The molecule has 0 aliphatic rings. The summed E-state index contributed by atoms with van der Waals surface area (Å²) in [5.41, 5.74) is 1.23. The Kier molecular flexibility index (Phi) is 4.12. The van der Waals surface area contributed by atoms with Gasteiger partial charge in [-0.05, 0) is 29.7 Å². The van der Waals surface area contributed by atoms with Crippen molar-refractivity contribution in [1.82, 2.24) is 4.98 Å². The van der Waals surface area contributed by atoms with Gasteiger partial charge in [0, 0.05) is 17.3 Å². The van der Waals surface area contributed by atoms with Crippen molar-refractivity contribution >= 4 is 28.4 Å². The number of anilines is 1. The van der Waals surface area contributed by atoms with Crippen LogP contribution < -0.4 is 5.32 Å². The lowest BCUT2D eigenvalue weighted by Crippen LogP contribution is -2.13. The molecule has 0 radical (unpaired) electrons. The second-order valence-electron chi connectivity index (χ2n) is 4.95. The molecule has 110 valence electrons. The summed E-state index contributed by atoms with van der Waals surface area (Å²) in [6, 6.07) is 20.6. The number of benzene rings is 2. The van der Waals surface area contributed by atoms with E-state index in [1.807, 2.05) is 54.6 Å². The molecule has 1 amide bonds. The fourth-order valence-corrected chi connectivity index (χ4v) is 2.20. The highest BCUT2D eigenvalue weighted by Crippen LogP contribution is 2.16. The maximum atomic E-state index is 12.2. The minimum atomic E-state index is -0.450. The van der Waals surface area contributed by atoms with Crippen LogP contribution in [0, 0.1) is 11.3 Å². The Labute approximate surface area is 133 Å². The molecular formula is C19H13N3O. The molecule has 4 nitrogen and oxygen atoms in total. The first-order valence-electron chi connectivity index (χ1n) is 7.09. The van der Waals surface area contributed by atoms with Gasteiger partial charge in [0.25, 0.3) is 5.91 Å². The average molecular weight is 299 g/mol. The van der Waals surface area contributed by atoms with Gasteiger partial charge in [-0.25, -0.2) is 0 Å². The Bertz CT molecular complexity index is 924. The molecule has 0 unspecified atom stereocenters. The number of fused-ring (bicyclic) bond motifs is 1. The molecule has 3 rings (SSSR count). The molecule has 1 N–H and O–H groups in total. The van der Waals surface area contributed by atoms with E-state index >= 15 is 0 Å². The van der Waals surface area contributed by atoms with Crippen LogP contribution in [0.15, 0.2) is 72.4 Å². The second kappa shape index (κ2) is 6.54. The molecule has 4 heteroatoms. The van der Waals surface area contributed by atoms with Gasteiger partial charge in [0.2, 0.25) is 0 Å². The second-order valence-corrected chi connectivity index (χ2v) is 4.95. The summed E-state index contributed by atoms with van der Waals surface area (Å²) in [5.74, 6) is -0.450. The van der Waals surface area contributed by atoms with Gasteiger partial charge < -0.3 is 5.32 Å². The Morgan fingerprint density at radius 1 is 1.04 bits per heavy atom. The first kappa shape index (κ1) is 14.5. The number of carbonyl (C=O) groups excluding carboxylic acids is 1. The summed E-state index contributed by atoms with van der Waals surface area (Å²) in [6.45, 7) is 0. The number of hydrogen-bond acceptors (Lipinski definition) is 3. The first-order valence-corrected chi connectivity index (χ1v) is 7.09. The largest absolute Gasteiger partial charge is 0.321 e. The Balaban J connectivity index is 1.88. The van der Waals surface area contributed by atoms with Crippen molar-refractivity contribution in [3.05, 3.63) is 78.1 Å². The van der Waals surface area contributed by atoms with Crippen molar-refractivity contribution in [3.63, 3.8) is 0 Å². The van der Waals surface area contributed by atoms with Gasteiger partial charge in [-0.1, -0.05) is 42.5 Å². The van der Waals surface area contributed by atoms with Crippen LogP contribution in [0.4, 0.5) is 5.69 Å². The van der Waals surface area contributed by atoms with Crippen LogP contribution in [0.3, 0.4) is 0 Å². The maximum Gasteiger partial charge on any atom is 0.266 e. The Morgan fingerprint density at radius 2 is 1.74 bits per heavy atom. The van der Waals surface area contributed by atoms with Gasteiger partial charge in [-0.3, -0.25) is 9.78 Å². The number of nitrogens with zero attached hydrogens (tertiary/aromatic N) is 2. The summed E-state index contributed by atoms with van der Waals surface area (Å²) in [5, 5.41) is 14.0. The number of rotatable bonds is 3. The summed E-state index contributed by atoms with van der Waals surface area (Å²) >= 11 is 0. The average Bonchev–Trinajstić information content (AvgIpc) is 2.60. The first-order chi connectivity index (χ1) is 11.3. The highest BCUT2D eigenvalue weighted by Gasteiger charge is 2.09. The van der Waals surface area contributed by atoms with Crippen LogP contribution in [0.25, 0.3) is 16.8 Å². The number of pyridine rings is 1. The zero-order valence-electron chi connectivity index (χ0n) is 12.2. The van der Waals surface area contributed by atoms with Crippen LogP contribution in [-0.4, -0.2) is 10.9 Å². The third kappa shape index (κ3) is 3.42. The molecule has 0 saturated heterocycles. The van der Waals surface area contributed by atoms with E-state index in [0.717, 1.165) is 10.8 Å². The highest BCUT2D eigenvalue weighted by atomic mass is 16.1. The number of hydrogen-bond donors (Lipinski definition) is 1. The van der Waals surface area contributed by atoms with Gasteiger partial charge >= 0.3 is 0 Å². The molecule has 3 aromatic rings. The molecule has 0 saturated carbocycles. The van der Waals surface area contributed by atoms with Gasteiger partial charge in [0.1, 0.15) is 11.6 Å². The predicted molar refractivity (Wildman–Crippen MR) is 90.4 cm³/mol. The van der Waals surface area contributed by atoms with Crippen molar-refractivity contribution in [2.45, 2.75) is 0 Å². The van der Waals surface area contributed by atoms with Crippen molar-refractivity contribution < 1.29 is 4.79 Å². The molecule has 0 fully saturated rings. The van der Waals surface area contributed by atoms with Crippen molar-refractivity contribution in [1.29, 1.82) is 5.26 Å². The van der Waals surface area contributed by atoms with Gasteiger partial charge in [0.15, 0.2) is 0 Å². The summed E-state index contributed by atoms with van der Waals surface area (Å²) in [4.78, 5) is 16.5. The van der Waals surface area contributed by atoms with Crippen LogP contribution in [0.5, 0.6) is 0 Å². The summed E-state index contributed by atoms with van der Waals surface area (Å²) in [6.07, 6.45) is 3.22. The number of nitriles is 1. The molecule has 2 aromatic carbocycles. The molecular weight excluding hydrogens is 286 g/mol. The SMILES string of the molecule is N#CC(=Cc1cc2ccccc2cn1)C(=O)Nc1ccccc1. The zero-order chi connectivity index (χ0) is 16.1. The molecule has 0 spiro atoms. The lowest BCUT2D eigenvalue weighted by Gasteiger charge is -2.04. The minimum Gasteiger partial charge on any atom is -0.321 e. The van der Waals surface area contributed by atoms with E-state index in [2.05, 4.69) is 10.3 Å². The van der Waals surface area contributed by atoms with Gasteiger partial charge in [-0.2, -0.15) is 5.26 Å². The number of nitrogens with one attached hydrogen (secondary N) is 1. The lowest BCUT2D eigenvalue weighted by molar-refractivity contribution is -0.112. The molecule has 0 aliphatic carbocycles. The molecule has 0 aliphatic heterocycles. The van der Waals surface area contributed by atoms with Crippen LogP contribution in [-0.2, 0) is 4.79 Å². The van der Waals surface area contributed by atoms with Crippen molar-refractivity contribution in [2.75, 3.05) is 5.32 Å². The normalized spacial score (nSPS) is 11.0. The van der Waals surface area contributed by atoms with Crippen LogP contribution in [0.2, 0.25) is 0 Å². The van der Waals surface area contributed by atoms with Crippen LogP contribution >= 0.6 is 0 Å². The third-order valence-electron chi connectivity index (χ3n) is 3.34. The van der Waals surface area contributed by atoms with E-state index < -0.39 is 5.91 Å². The fourth-order valence-electron chi connectivity index (χ4n) is 2.20. The smallest absolute Gasteiger partial charge is 0.266 e. The summed E-state index contributed by atoms with van der Waals surface area (Å²) in [7, 11) is 0. The highest BCUT2D eigenvalue weighted by molar-refractivity contribution is 6.09. The molecule has 23 heavy (non-hydrogen) atoms. The number of para-hydroxylation sites is 1. The third-order valence-corrected chi connectivity index (χ3v) is 3.34. The molecule has 0 atom stereocenters.